The molecular weight excluding hydrogens is 246 g/mol. The summed E-state index contributed by atoms with van der Waals surface area (Å²) < 4.78 is 7.29. The lowest BCUT2D eigenvalue weighted by Crippen LogP contribution is -2.47. The van der Waals surface area contributed by atoms with E-state index in [0.29, 0.717) is 13.2 Å². The maximum atomic E-state index is 10.9. The number of morpholine rings is 1. The molecule has 1 saturated heterocycles. The summed E-state index contributed by atoms with van der Waals surface area (Å²) in [5.74, 6) is -0.781. The molecule has 6 nitrogen and oxygen atoms in total. The zero-order valence-electron chi connectivity index (χ0n) is 11.5. The molecule has 2 atom stereocenters. The summed E-state index contributed by atoms with van der Waals surface area (Å²) in [7, 11) is 0. The van der Waals surface area contributed by atoms with Gasteiger partial charge >= 0.3 is 5.97 Å². The van der Waals surface area contributed by atoms with Crippen LogP contribution in [0, 0.1) is 0 Å². The largest absolute Gasteiger partial charge is 0.481 e. The normalized spacial score (nSPS) is 22.3. The second kappa shape index (κ2) is 6.16. The van der Waals surface area contributed by atoms with Crippen molar-refractivity contribution in [1.82, 2.24) is 14.7 Å². The van der Waals surface area contributed by atoms with Crippen molar-refractivity contribution in [3.05, 3.63) is 18.0 Å². The van der Waals surface area contributed by atoms with Gasteiger partial charge < -0.3 is 9.84 Å². The molecule has 0 saturated carbocycles. The van der Waals surface area contributed by atoms with E-state index in [2.05, 4.69) is 16.9 Å². The van der Waals surface area contributed by atoms with Gasteiger partial charge in [0.1, 0.15) is 0 Å². The highest BCUT2D eigenvalue weighted by atomic mass is 16.5. The van der Waals surface area contributed by atoms with Crippen LogP contribution in [0.3, 0.4) is 0 Å². The first kappa shape index (κ1) is 14.0. The van der Waals surface area contributed by atoms with Crippen molar-refractivity contribution in [3.8, 4) is 0 Å². The van der Waals surface area contributed by atoms with E-state index >= 15 is 0 Å². The molecule has 1 fully saturated rings. The molecule has 0 spiro atoms. The molecule has 0 aliphatic carbocycles. The molecule has 0 amide bonds. The maximum absolute atomic E-state index is 10.9. The minimum atomic E-state index is -0.781. The van der Waals surface area contributed by atoms with E-state index in [1.165, 1.54) is 0 Å². The van der Waals surface area contributed by atoms with E-state index < -0.39 is 5.97 Å². The Morgan fingerprint density at radius 1 is 1.68 bits per heavy atom. The predicted molar refractivity (Wildman–Crippen MR) is 69.9 cm³/mol. The van der Waals surface area contributed by atoms with Crippen molar-refractivity contribution >= 4 is 5.97 Å². The Morgan fingerprint density at radius 3 is 3.11 bits per heavy atom. The fourth-order valence-corrected chi connectivity index (χ4v) is 2.51. The van der Waals surface area contributed by atoms with Gasteiger partial charge in [-0.05, 0) is 13.8 Å². The third kappa shape index (κ3) is 3.33. The number of hydrogen-bond acceptors (Lipinski definition) is 4. The lowest BCUT2D eigenvalue weighted by atomic mass is 10.1. The van der Waals surface area contributed by atoms with Crippen molar-refractivity contribution < 1.29 is 14.6 Å². The number of hydrogen-bond donors (Lipinski definition) is 1. The van der Waals surface area contributed by atoms with Gasteiger partial charge in [-0.2, -0.15) is 5.10 Å². The standard InChI is InChI=1S/C13H21N3O3/c1-3-15-8-11(7-14-15)10(2)16-4-5-19-9-12(16)6-13(17)18/h7-8,10,12H,3-6,9H2,1-2H3,(H,17,18). The maximum Gasteiger partial charge on any atom is 0.305 e. The van der Waals surface area contributed by atoms with Crippen LogP contribution in [0.15, 0.2) is 12.4 Å². The van der Waals surface area contributed by atoms with Crippen LogP contribution >= 0.6 is 0 Å². The molecule has 2 unspecified atom stereocenters. The summed E-state index contributed by atoms with van der Waals surface area (Å²) in [6.45, 7) is 6.88. The zero-order valence-corrected chi connectivity index (χ0v) is 11.5. The molecular formula is C13H21N3O3. The van der Waals surface area contributed by atoms with E-state index in [-0.39, 0.29) is 18.5 Å². The van der Waals surface area contributed by atoms with Gasteiger partial charge in [-0.1, -0.05) is 0 Å². The molecule has 6 heteroatoms. The Morgan fingerprint density at radius 2 is 2.47 bits per heavy atom. The molecule has 2 heterocycles. The van der Waals surface area contributed by atoms with Crippen molar-refractivity contribution in [2.75, 3.05) is 19.8 Å². The number of aliphatic carboxylic acids is 1. The van der Waals surface area contributed by atoms with Gasteiger partial charge in [0.2, 0.25) is 0 Å². The Labute approximate surface area is 113 Å². The Bertz CT molecular complexity index is 433. The van der Waals surface area contributed by atoms with Crippen LogP contribution in [-0.2, 0) is 16.1 Å². The molecule has 1 N–H and O–H groups in total. The molecule has 0 aromatic carbocycles. The minimum Gasteiger partial charge on any atom is -0.481 e. The summed E-state index contributed by atoms with van der Waals surface area (Å²) in [6.07, 6.45) is 4.01. The molecule has 0 radical (unpaired) electrons. The van der Waals surface area contributed by atoms with Gasteiger partial charge in [0, 0.05) is 36.9 Å². The second-order valence-electron chi connectivity index (χ2n) is 4.87. The number of carbonyl (C=O) groups is 1. The number of carboxylic acids is 1. The van der Waals surface area contributed by atoms with Crippen molar-refractivity contribution in [2.45, 2.75) is 38.9 Å². The van der Waals surface area contributed by atoms with Crippen LogP contribution in [0.2, 0.25) is 0 Å². The molecule has 1 aromatic rings. The Hall–Kier alpha value is -1.40. The number of aryl methyl sites for hydroxylation is 1. The fraction of sp³-hybridized carbons (Fsp3) is 0.692. The average molecular weight is 267 g/mol. The van der Waals surface area contributed by atoms with Gasteiger partial charge in [0.05, 0.1) is 25.8 Å². The van der Waals surface area contributed by atoms with E-state index in [0.717, 1.165) is 18.7 Å². The van der Waals surface area contributed by atoms with Gasteiger partial charge in [-0.3, -0.25) is 14.4 Å². The Kier molecular flexibility index (Phi) is 4.55. The molecule has 106 valence electrons. The van der Waals surface area contributed by atoms with Crippen molar-refractivity contribution in [3.63, 3.8) is 0 Å². The topological polar surface area (TPSA) is 67.6 Å². The highest BCUT2D eigenvalue weighted by Gasteiger charge is 2.30. The lowest BCUT2D eigenvalue weighted by Gasteiger charge is -2.38. The minimum absolute atomic E-state index is 0.0637. The van der Waals surface area contributed by atoms with Crippen molar-refractivity contribution in [2.24, 2.45) is 0 Å². The van der Waals surface area contributed by atoms with E-state index in [9.17, 15) is 4.79 Å². The highest BCUT2D eigenvalue weighted by Crippen LogP contribution is 2.25. The molecule has 1 aliphatic heterocycles. The molecule has 1 aromatic heterocycles. The van der Waals surface area contributed by atoms with Gasteiger partial charge in [-0.25, -0.2) is 0 Å². The monoisotopic (exact) mass is 267 g/mol. The number of aromatic nitrogens is 2. The van der Waals surface area contributed by atoms with Gasteiger partial charge in [0.25, 0.3) is 0 Å². The van der Waals surface area contributed by atoms with Gasteiger partial charge in [0.15, 0.2) is 0 Å². The smallest absolute Gasteiger partial charge is 0.305 e. The SMILES string of the molecule is CCn1cc(C(C)N2CCOCC2CC(=O)O)cn1. The van der Waals surface area contributed by atoms with Crippen LogP contribution in [0.25, 0.3) is 0 Å². The summed E-state index contributed by atoms with van der Waals surface area (Å²) in [5.41, 5.74) is 1.12. The first-order valence-electron chi connectivity index (χ1n) is 6.69. The molecule has 2 rings (SSSR count). The summed E-state index contributed by atoms with van der Waals surface area (Å²) in [4.78, 5) is 13.1. The Balaban J connectivity index is 2.09. The van der Waals surface area contributed by atoms with Crippen LogP contribution in [-0.4, -0.2) is 51.6 Å². The third-order valence-electron chi connectivity index (χ3n) is 3.64. The first-order chi connectivity index (χ1) is 9.11. The number of rotatable bonds is 5. The third-order valence-corrected chi connectivity index (χ3v) is 3.64. The fourth-order valence-electron chi connectivity index (χ4n) is 2.51. The summed E-state index contributed by atoms with van der Waals surface area (Å²) in [5, 5.41) is 13.3. The molecule has 0 bridgehead atoms. The average Bonchev–Trinajstić information content (AvgIpc) is 2.86. The van der Waals surface area contributed by atoms with Gasteiger partial charge in [-0.15, -0.1) is 0 Å². The number of ether oxygens (including phenoxy) is 1. The highest BCUT2D eigenvalue weighted by molar-refractivity contribution is 5.67. The number of nitrogens with zero attached hydrogens (tertiary/aromatic N) is 3. The van der Waals surface area contributed by atoms with Crippen LogP contribution in [0.1, 0.15) is 31.9 Å². The second-order valence-corrected chi connectivity index (χ2v) is 4.87. The summed E-state index contributed by atoms with van der Waals surface area (Å²) >= 11 is 0. The van der Waals surface area contributed by atoms with Crippen LogP contribution < -0.4 is 0 Å². The van der Waals surface area contributed by atoms with E-state index in [4.69, 9.17) is 9.84 Å². The van der Waals surface area contributed by atoms with E-state index in [1.54, 1.807) is 0 Å². The number of carboxylic acid groups (broad SMARTS) is 1. The molecule has 19 heavy (non-hydrogen) atoms. The lowest BCUT2D eigenvalue weighted by molar-refractivity contribution is -0.140. The predicted octanol–water partition coefficient (Wildman–Crippen LogP) is 1.14. The van der Waals surface area contributed by atoms with Crippen LogP contribution in [0.5, 0.6) is 0 Å². The van der Waals surface area contributed by atoms with E-state index in [1.807, 2.05) is 24.0 Å². The first-order valence-corrected chi connectivity index (χ1v) is 6.69. The summed E-state index contributed by atoms with van der Waals surface area (Å²) in [6, 6.07) is 0.0970. The zero-order chi connectivity index (χ0) is 13.8. The van der Waals surface area contributed by atoms with Crippen molar-refractivity contribution in [1.29, 1.82) is 0 Å². The quantitative estimate of drug-likeness (QED) is 0.866. The van der Waals surface area contributed by atoms with Crippen LogP contribution in [0.4, 0.5) is 0 Å². The molecule has 1 aliphatic rings.